The van der Waals surface area contributed by atoms with Crippen molar-refractivity contribution in [3.63, 3.8) is 0 Å². The number of halogens is 1. The lowest BCUT2D eigenvalue weighted by molar-refractivity contribution is -0.147. The molecule has 0 N–H and O–H groups in total. The van der Waals surface area contributed by atoms with Crippen molar-refractivity contribution in [1.82, 2.24) is 0 Å². The molecule has 0 aliphatic carbocycles. The number of hydrogen-bond acceptors (Lipinski definition) is 3. The Balaban J connectivity index is 2.81. The molecule has 1 unspecified atom stereocenters. The summed E-state index contributed by atoms with van der Waals surface area (Å²) in [6, 6.07) is 5.63. The van der Waals surface area contributed by atoms with E-state index < -0.39 is 6.10 Å². The Bertz CT molecular complexity index is 363. The van der Waals surface area contributed by atoms with Crippen LogP contribution in [0.1, 0.15) is 12.5 Å². The number of benzene rings is 1. The van der Waals surface area contributed by atoms with Crippen molar-refractivity contribution in [2.24, 2.45) is 0 Å². The molecule has 3 nitrogen and oxygen atoms in total. The van der Waals surface area contributed by atoms with E-state index in [0.29, 0.717) is 5.75 Å². The van der Waals surface area contributed by atoms with E-state index in [4.69, 9.17) is 4.74 Å². The largest absolute Gasteiger partial charge is 0.478 e. The number of aryl methyl sites for hydroxylation is 1. The van der Waals surface area contributed by atoms with Crippen molar-refractivity contribution in [3.8, 4) is 5.75 Å². The van der Waals surface area contributed by atoms with Gasteiger partial charge in [-0.15, -0.1) is 0 Å². The molecule has 0 fully saturated rings. The van der Waals surface area contributed by atoms with Crippen LogP contribution >= 0.6 is 15.9 Å². The topological polar surface area (TPSA) is 35.5 Å². The molecule has 4 heteroatoms. The molecule has 0 amide bonds. The molecule has 0 aromatic heterocycles. The van der Waals surface area contributed by atoms with E-state index in [1.54, 1.807) is 13.0 Å². The summed E-state index contributed by atoms with van der Waals surface area (Å²) < 4.78 is 10.9. The molecule has 82 valence electrons. The minimum Gasteiger partial charge on any atom is -0.478 e. The van der Waals surface area contributed by atoms with Gasteiger partial charge >= 0.3 is 5.97 Å². The van der Waals surface area contributed by atoms with Gasteiger partial charge in [0.05, 0.1) is 11.6 Å². The Morgan fingerprint density at radius 1 is 1.47 bits per heavy atom. The standard InChI is InChI=1S/C11H13BrO3/c1-7-5-4-6-9(10(7)12)15-8(2)11(13)14-3/h4-6,8H,1-3H3. The smallest absolute Gasteiger partial charge is 0.346 e. The number of carbonyl (C=O) groups excluding carboxylic acids is 1. The first kappa shape index (κ1) is 12.0. The normalized spacial score (nSPS) is 12.0. The lowest BCUT2D eigenvalue weighted by Gasteiger charge is -2.14. The molecule has 0 aliphatic heterocycles. The Morgan fingerprint density at radius 2 is 2.13 bits per heavy atom. The average molecular weight is 273 g/mol. The maximum atomic E-state index is 11.1. The molecule has 0 aliphatic rings. The van der Waals surface area contributed by atoms with E-state index in [1.807, 2.05) is 19.1 Å². The molecule has 1 aromatic carbocycles. The number of carbonyl (C=O) groups is 1. The molecule has 1 atom stereocenters. The summed E-state index contributed by atoms with van der Waals surface area (Å²) in [7, 11) is 1.34. The van der Waals surface area contributed by atoms with Crippen LogP contribution in [0.5, 0.6) is 5.75 Å². The highest BCUT2D eigenvalue weighted by atomic mass is 79.9. The molecular formula is C11H13BrO3. The number of esters is 1. The zero-order chi connectivity index (χ0) is 11.4. The predicted molar refractivity (Wildman–Crippen MR) is 61.0 cm³/mol. The molecule has 1 rings (SSSR count). The Hall–Kier alpha value is -1.03. The minimum absolute atomic E-state index is 0.386. The van der Waals surface area contributed by atoms with Gasteiger partial charge in [-0.2, -0.15) is 0 Å². The lowest BCUT2D eigenvalue weighted by Crippen LogP contribution is -2.25. The second-order valence-corrected chi connectivity index (χ2v) is 3.96. The summed E-state index contributed by atoms with van der Waals surface area (Å²) in [6.45, 7) is 3.61. The van der Waals surface area contributed by atoms with Crippen LogP contribution in [0.3, 0.4) is 0 Å². The fraction of sp³-hybridized carbons (Fsp3) is 0.364. The van der Waals surface area contributed by atoms with Gasteiger partial charge in [0.2, 0.25) is 0 Å². The van der Waals surface area contributed by atoms with Crippen molar-refractivity contribution in [1.29, 1.82) is 0 Å². The summed E-state index contributed by atoms with van der Waals surface area (Å²) in [5, 5.41) is 0. The van der Waals surface area contributed by atoms with Gasteiger partial charge in [0, 0.05) is 0 Å². The maximum absolute atomic E-state index is 11.1. The number of rotatable bonds is 3. The fourth-order valence-corrected chi connectivity index (χ4v) is 1.47. The molecule has 0 heterocycles. The fourth-order valence-electron chi connectivity index (χ4n) is 1.12. The maximum Gasteiger partial charge on any atom is 0.346 e. The second-order valence-electron chi connectivity index (χ2n) is 3.17. The van der Waals surface area contributed by atoms with E-state index in [0.717, 1.165) is 10.0 Å². The van der Waals surface area contributed by atoms with Gasteiger partial charge in [-0.25, -0.2) is 4.79 Å². The van der Waals surface area contributed by atoms with Crippen LogP contribution in [0.4, 0.5) is 0 Å². The van der Waals surface area contributed by atoms with Gasteiger partial charge in [-0.05, 0) is 41.4 Å². The summed E-state index contributed by atoms with van der Waals surface area (Å²) in [6.07, 6.45) is -0.604. The van der Waals surface area contributed by atoms with Crippen LogP contribution in [0.15, 0.2) is 22.7 Å². The summed E-state index contributed by atoms with van der Waals surface area (Å²) in [5.41, 5.74) is 1.06. The molecule has 0 saturated carbocycles. The van der Waals surface area contributed by atoms with Crippen LogP contribution in [0.2, 0.25) is 0 Å². The van der Waals surface area contributed by atoms with Crippen molar-refractivity contribution in [2.45, 2.75) is 20.0 Å². The highest BCUT2D eigenvalue weighted by molar-refractivity contribution is 9.10. The predicted octanol–water partition coefficient (Wildman–Crippen LogP) is 2.70. The third-order valence-corrected chi connectivity index (χ3v) is 3.01. The zero-order valence-corrected chi connectivity index (χ0v) is 10.5. The summed E-state index contributed by atoms with van der Waals surface area (Å²) in [5.74, 6) is 0.260. The first-order chi connectivity index (χ1) is 7.06. The molecule has 0 spiro atoms. The van der Waals surface area contributed by atoms with E-state index in [-0.39, 0.29) is 5.97 Å². The van der Waals surface area contributed by atoms with Gasteiger partial charge in [-0.3, -0.25) is 0 Å². The van der Waals surface area contributed by atoms with Crippen molar-refractivity contribution >= 4 is 21.9 Å². The monoisotopic (exact) mass is 272 g/mol. The van der Waals surface area contributed by atoms with Crippen LogP contribution in [-0.4, -0.2) is 19.2 Å². The van der Waals surface area contributed by atoms with Crippen LogP contribution in [-0.2, 0) is 9.53 Å². The van der Waals surface area contributed by atoms with E-state index >= 15 is 0 Å². The van der Waals surface area contributed by atoms with Gasteiger partial charge in [0.15, 0.2) is 6.10 Å². The van der Waals surface area contributed by atoms with Crippen molar-refractivity contribution in [2.75, 3.05) is 7.11 Å². The third-order valence-electron chi connectivity index (χ3n) is 1.99. The van der Waals surface area contributed by atoms with Gasteiger partial charge in [0.1, 0.15) is 5.75 Å². The number of hydrogen-bond donors (Lipinski definition) is 0. The van der Waals surface area contributed by atoms with Gasteiger partial charge < -0.3 is 9.47 Å². The molecule has 15 heavy (non-hydrogen) atoms. The molecule has 0 radical (unpaired) electrons. The lowest BCUT2D eigenvalue weighted by atomic mass is 10.2. The highest BCUT2D eigenvalue weighted by Crippen LogP contribution is 2.28. The third kappa shape index (κ3) is 2.96. The summed E-state index contributed by atoms with van der Waals surface area (Å²) in [4.78, 5) is 11.1. The van der Waals surface area contributed by atoms with Gasteiger partial charge in [-0.1, -0.05) is 12.1 Å². The van der Waals surface area contributed by atoms with E-state index in [2.05, 4.69) is 20.7 Å². The second kappa shape index (κ2) is 5.16. The SMILES string of the molecule is COC(=O)C(C)Oc1cccc(C)c1Br. The van der Waals surface area contributed by atoms with E-state index in [1.165, 1.54) is 7.11 Å². The summed E-state index contributed by atoms with van der Waals surface area (Å²) >= 11 is 3.40. The van der Waals surface area contributed by atoms with Crippen LogP contribution < -0.4 is 4.74 Å². The average Bonchev–Trinajstić information content (AvgIpc) is 2.23. The Morgan fingerprint density at radius 3 is 2.73 bits per heavy atom. The van der Waals surface area contributed by atoms with Crippen LogP contribution in [0.25, 0.3) is 0 Å². The van der Waals surface area contributed by atoms with Gasteiger partial charge in [0.25, 0.3) is 0 Å². The molecule has 0 bridgehead atoms. The Labute approximate surface area is 97.5 Å². The first-order valence-electron chi connectivity index (χ1n) is 4.56. The molecular weight excluding hydrogens is 260 g/mol. The first-order valence-corrected chi connectivity index (χ1v) is 5.35. The number of ether oxygens (including phenoxy) is 2. The molecule has 0 saturated heterocycles. The van der Waals surface area contributed by atoms with E-state index in [9.17, 15) is 4.79 Å². The molecule has 1 aromatic rings. The van der Waals surface area contributed by atoms with Crippen LogP contribution in [0, 0.1) is 6.92 Å². The quantitative estimate of drug-likeness (QED) is 0.794. The van der Waals surface area contributed by atoms with Crippen molar-refractivity contribution in [3.05, 3.63) is 28.2 Å². The Kier molecular flexibility index (Phi) is 4.15. The highest BCUT2D eigenvalue weighted by Gasteiger charge is 2.16. The van der Waals surface area contributed by atoms with Crippen molar-refractivity contribution < 1.29 is 14.3 Å². The number of methoxy groups -OCH3 is 1. The zero-order valence-electron chi connectivity index (χ0n) is 8.91. The minimum atomic E-state index is -0.604.